The number of hydrogen-bond acceptors (Lipinski definition) is 0. The lowest BCUT2D eigenvalue weighted by Crippen LogP contribution is -2.42. The third kappa shape index (κ3) is 3.37. The van der Waals surface area contributed by atoms with Gasteiger partial charge in [0.1, 0.15) is 0 Å². The van der Waals surface area contributed by atoms with Crippen LogP contribution in [0.25, 0.3) is 33.0 Å². The maximum Gasteiger partial charge on any atom is 0.0227 e. The fourth-order valence-electron chi connectivity index (χ4n) is 6.47. The van der Waals surface area contributed by atoms with Crippen LogP contribution in [0.4, 0.5) is 0 Å². The topological polar surface area (TPSA) is 0 Å². The smallest absolute Gasteiger partial charge is 0.0227 e. The molecule has 176 valence electrons. The van der Waals surface area contributed by atoms with Gasteiger partial charge in [-0.3, -0.25) is 0 Å². The molecule has 37 heavy (non-hydrogen) atoms. The summed E-state index contributed by atoms with van der Waals surface area (Å²) in [6, 6.07) is 44.3. The van der Waals surface area contributed by atoms with Gasteiger partial charge in [0.25, 0.3) is 0 Å². The Labute approximate surface area is 218 Å². The maximum absolute atomic E-state index is 2.44. The number of fused-ring (bicyclic) bond motifs is 3. The number of rotatable bonds is 3. The summed E-state index contributed by atoms with van der Waals surface area (Å²) in [5, 5.41) is 5.26. The van der Waals surface area contributed by atoms with Gasteiger partial charge in [-0.2, -0.15) is 0 Å². The van der Waals surface area contributed by atoms with Gasteiger partial charge in [0, 0.05) is 5.41 Å². The summed E-state index contributed by atoms with van der Waals surface area (Å²) in [6.07, 6.45) is 7.92. The molecule has 0 saturated carbocycles. The Kier molecular flexibility index (Phi) is 5.08. The van der Waals surface area contributed by atoms with E-state index in [2.05, 4.69) is 146 Å². The van der Waals surface area contributed by atoms with Crippen LogP contribution in [0.5, 0.6) is 0 Å². The van der Waals surface area contributed by atoms with E-state index in [1.54, 1.807) is 0 Å². The lowest BCUT2D eigenvalue weighted by atomic mass is 9.62. The van der Waals surface area contributed by atoms with Gasteiger partial charge in [-0.25, -0.2) is 0 Å². The van der Waals surface area contributed by atoms with Crippen LogP contribution in [0.2, 0.25) is 0 Å². The van der Waals surface area contributed by atoms with Crippen LogP contribution in [-0.2, 0) is 0 Å². The van der Waals surface area contributed by atoms with Crippen LogP contribution in [0.1, 0.15) is 24.5 Å². The first-order valence-corrected chi connectivity index (χ1v) is 13.1. The summed E-state index contributed by atoms with van der Waals surface area (Å²) in [4.78, 5) is 0. The molecule has 0 heterocycles. The molecule has 0 aromatic heterocycles. The highest BCUT2D eigenvalue weighted by molar-refractivity contribution is 6.00. The molecule has 7 rings (SSSR count). The molecule has 0 amide bonds. The first kappa shape index (κ1) is 21.8. The van der Waals surface area contributed by atoms with Crippen LogP contribution in [0, 0.1) is 5.41 Å². The third-order valence-electron chi connectivity index (χ3n) is 8.15. The molecule has 1 atom stereocenters. The molecule has 0 spiro atoms. The predicted octanol–water partition coefficient (Wildman–Crippen LogP) is 7.81. The van der Waals surface area contributed by atoms with Crippen molar-refractivity contribution in [2.45, 2.75) is 13.3 Å². The molecule has 2 aliphatic rings. The second-order valence-electron chi connectivity index (χ2n) is 10.3. The molecule has 0 fully saturated rings. The minimum absolute atomic E-state index is 0.146. The molecule has 5 aromatic carbocycles. The van der Waals surface area contributed by atoms with Crippen molar-refractivity contribution in [1.29, 1.82) is 0 Å². The molecule has 0 bridgehead atoms. The predicted molar refractivity (Wildman–Crippen MR) is 156 cm³/mol. The van der Waals surface area contributed by atoms with E-state index in [-0.39, 0.29) is 5.41 Å². The van der Waals surface area contributed by atoms with E-state index in [4.69, 9.17) is 0 Å². The molecule has 0 saturated heterocycles. The van der Waals surface area contributed by atoms with Gasteiger partial charge in [-0.05, 0) is 66.6 Å². The molecule has 0 heteroatoms. The lowest BCUT2D eigenvalue weighted by Gasteiger charge is -2.41. The standard InChI is InChI=1S/C37H28/c1-37-25-12-11-24-34(37)35(30-20-8-7-18-28(30)26-14-3-2-4-15-26)31-21-9-10-22-33(31)36(37)32-23-13-17-27-16-5-6-19-29(27)32/h2-24H,25H2,1H3. The highest BCUT2D eigenvalue weighted by Gasteiger charge is 2.40. The first-order chi connectivity index (χ1) is 18.3. The fraction of sp³-hybridized carbons (Fsp3) is 0.0811. The zero-order chi connectivity index (χ0) is 24.8. The minimum atomic E-state index is -0.146. The molecular weight excluding hydrogens is 444 g/mol. The highest BCUT2D eigenvalue weighted by atomic mass is 14.4. The quantitative estimate of drug-likeness (QED) is 0.251. The van der Waals surface area contributed by atoms with E-state index in [0.29, 0.717) is 0 Å². The van der Waals surface area contributed by atoms with E-state index in [1.165, 1.54) is 60.2 Å². The number of hydrogen-bond donors (Lipinski definition) is 0. The van der Waals surface area contributed by atoms with Gasteiger partial charge in [0.15, 0.2) is 0 Å². The largest absolute Gasteiger partial charge is 0.0833 e. The monoisotopic (exact) mass is 472 g/mol. The number of allylic oxidation sites excluding steroid dienone is 4. The Hall–Kier alpha value is -4.42. The molecule has 0 nitrogen and oxygen atoms in total. The number of benzene rings is 5. The van der Waals surface area contributed by atoms with Crippen molar-refractivity contribution in [3.8, 4) is 11.1 Å². The molecule has 2 aliphatic carbocycles. The van der Waals surface area contributed by atoms with Crippen LogP contribution in [0.3, 0.4) is 0 Å². The van der Waals surface area contributed by atoms with Crippen molar-refractivity contribution in [2.24, 2.45) is 5.41 Å². The van der Waals surface area contributed by atoms with Gasteiger partial charge >= 0.3 is 0 Å². The Morgan fingerprint density at radius 3 is 2.08 bits per heavy atom. The molecular formula is C37H28. The summed E-state index contributed by atoms with van der Waals surface area (Å²) in [5.41, 5.74) is 9.20. The van der Waals surface area contributed by atoms with Gasteiger partial charge in [0.05, 0.1) is 0 Å². The Morgan fingerprint density at radius 1 is 0.568 bits per heavy atom. The molecule has 0 radical (unpaired) electrons. The van der Waals surface area contributed by atoms with E-state index in [0.717, 1.165) is 6.42 Å². The van der Waals surface area contributed by atoms with Gasteiger partial charge < -0.3 is 0 Å². The van der Waals surface area contributed by atoms with Crippen molar-refractivity contribution >= 4 is 21.9 Å². The zero-order valence-electron chi connectivity index (χ0n) is 21.0. The average Bonchev–Trinajstić information content (AvgIpc) is 2.96. The van der Waals surface area contributed by atoms with E-state index < -0.39 is 0 Å². The minimum Gasteiger partial charge on any atom is -0.0833 e. The zero-order valence-corrected chi connectivity index (χ0v) is 21.0. The van der Waals surface area contributed by atoms with Crippen LogP contribution in [0.15, 0.2) is 145 Å². The maximum atomic E-state index is 2.44. The van der Waals surface area contributed by atoms with E-state index in [9.17, 15) is 0 Å². The van der Waals surface area contributed by atoms with Gasteiger partial charge in [-0.1, -0.05) is 146 Å². The highest BCUT2D eigenvalue weighted by Crippen LogP contribution is 2.51. The summed E-state index contributed by atoms with van der Waals surface area (Å²) >= 11 is 0. The van der Waals surface area contributed by atoms with Gasteiger partial charge in [0.2, 0.25) is 0 Å². The Morgan fingerprint density at radius 2 is 1.22 bits per heavy atom. The second kappa shape index (κ2) is 8.61. The first-order valence-electron chi connectivity index (χ1n) is 13.1. The molecule has 0 N–H and O–H groups in total. The van der Waals surface area contributed by atoms with Crippen molar-refractivity contribution in [3.05, 3.63) is 167 Å². The van der Waals surface area contributed by atoms with Crippen molar-refractivity contribution in [2.75, 3.05) is 0 Å². The molecule has 1 unspecified atom stereocenters. The van der Waals surface area contributed by atoms with Crippen molar-refractivity contribution in [1.82, 2.24) is 0 Å². The summed E-state index contributed by atoms with van der Waals surface area (Å²) in [7, 11) is 0. The lowest BCUT2D eigenvalue weighted by molar-refractivity contribution is 0.548. The van der Waals surface area contributed by atoms with E-state index >= 15 is 0 Å². The Balaban J connectivity index is 1.66. The second-order valence-corrected chi connectivity index (χ2v) is 10.3. The summed E-state index contributed by atoms with van der Waals surface area (Å²) in [5.74, 6) is 0. The van der Waals surface area contributed by atoms with Crippen LogP contribution < -0.4 is 10.4 Å². The van der Waals surface area contributed by atoms with Crippen LogP contribution >= 0.6 is 0 Å². The van der Waals surface area contributed by atoms with Crippen molar-refractivity contribution in [3.63, 3.8) is 0 Å². The van der Waals surface area contributed by atoms with Gasteiger partial charge in [-0.15, -0.1) is 0 Å². The third-order valence-corrected chi connectivity index (χ3v) is 8.15. The molecule has 0 aliphatic heterocycles. The summed E-state index contributed by atoms with van der Waals surface area (Å²) < 4.78 is 0. The summed E-state index contributed by atoms with van der Waals surface area (Å²) in [6.45, 7) is 2.44. The average molecular weight is 473 g/mol. The molecule has 5 aromatic rings. The van der Waals surface area contributed by atoms with Crippen molar-refractivity contribution < 1.29 is 0 Å². The SMILES string of the molecule is CC12CC=CC=C1C(c1ccccc1-c1ccccc1)=c1ccccc1=C2c1cccc2ccccc12. The fourth-order valence-corrected chi connectivity index (χ4v) is 6.47. The van der Waals surface area contributed by atoms with E-state index in [1.807, 2.05) is 0 Å². The van der Waals surface area contributed by atoms with Crippen LogP contribution in [-0.4, -0.2) is 0 Å². The Bertz CT molecular complexity index is 1840. The normalized spacial score (nSPS) is 18.4.